The zero-order valence-corrected chi connectivity index (χ0v) is 14.5. The highest BCUT2D eigenvalue weighted by molar-refractivity contribution is 5.75. The van der Waals surface area contributed by atoms with Crippen molar-refractivity contribution in [3.63, 3.8) is 0 Å². The molecule has 1 aliphatic heterocycles. The Labute approximate surface area is 145 Å². The fourth-order valence-corrected chi connectivity index (χ4v) is 3.79. The van der Waals surface area contributed by atoms with Crippen molar-refractivity contribution < 1.29 is 13.7 Å². The SMILES string of the molecule is C[C@H](NC(=O)N1C[C@H]2[C@H](C1)C2(C)C)c1nc(-c2cccc(F)c2)no1. The lowest BCUT2D eigenvalue weighted by molar-refractivity contribution is 0.190. The van der Waals surface area contributed by atoms with Gasteiger partial charge in [-0.15, -0.1) is 0 Å². The van der Waals surface area contributed by atoms with Crippen molar-refractivity contribution in [2.45, 2.75) is 26.8 Å². The smallest absolute Gasteiger partial charge is 0.318 e. The molecular formula is C18H21FN4O2. The average Bonchev–Trinajstić information content (AvgIpc) is 3.06. The highest BCUT2D eigenvalue weighted by Crippen LogP contribution is 2.61. The predicted molar refractivity (Wildman–Crippen MR) is 89.0 cm³/mol. The molecule has 1 saturated heterocycles. The van der Waals surface area contributed by atoms with E-state index in [-0.39, 0.29) is 11.8 Å². The Morgan fingerprint density at radius 3 is 2.80 bits per heavy atom. The van der Waals surface area contributed by atoms with E-state index in [9.17, 15) is 9.18 Å². The van der Waals surface area contributed by atoms with Crippen LogP contribution in [0.1, 0.15) is 32.7 Å². The first-order valence-electron chi connectivity index (χ1n) is 8.51. The van der Waals surface area contributed by atoms with Gasteiger partial charge in [-0.3, -0.25) is 0 Å². The summed E-state index contributed by atoms with van der Waals surface area (Å²) in [7, 11) is 0. The monoisotopic (exact) mass is 344 g/mol. The minimum atomic E-state index is -0.410. The lowest BCUT2D eigenvalue weighted by atomic mass is 10.1. The van der Waals surface area contributed by atoms with E-state index in [1.165, 1.54) is 12.1 Å². The third kappa shape index (κ3) is 2.77. The Morgan fingerprint density at radius 2 is 2.12 bits per heavy atom. The molecule has 1 saturated carbocycles. The number of benzene rings is 1. The molecule has 25 heavy (non-hydrogen) atoms. The second kappa shape index (κ2) is 5.54. The number of fused-ring (bicyclic) bond motifs is 1. The molecular weight excluding hydrogens is 323 g/mol. The summed E-state index contributed by atoms with van der Waals surface area (Å²) in [6.45, 7) is 7.91. The third-order valence-electron chi connectivity index (χ3n) is 5.64. The van der Waals surface area contributed by atoms with Gasteiger partial charge >= 0.3 is 6.03 Å². The Bertz CT molecular complexity index is 805. The molecule has 0 spiro atoms. The molecule has 6 nitrogen and oxygen atoms in total. The van der Waals surface area contributed by atoms with Crippen LogP contribution in [0.3, 0.4) is 0 Å². The molecule has 1 aromatic heterocycles. The summed E-state index contributed by atoms with van der Waals surface area (Å²) in [4.78, 5) is 18.5. The van der Waals surface area contributed by atoms with Crippen LogP contribution in [-0.4, -0.2) is 34.2 Å². The molecule has 1 N–H and O–H groups in total. The second-order valence-corrected chi connectivity index (χ2v) is 7.58. The number of likely N-dealkylation sites (tertiary alicyclic amines) is 1. The number of carbonyl (C=O) groups is 1. The van der Waals surface area contributed by atoms with E-state index in [2.05, 4.69) is 29.3 Å². The molecule has 132 valence electrons. The number of amides is 2. The number of halogens is 1. The number of urea groups is 1. The maximum Gasteiger partial charge on any atom is 0.318 e. The Morgan fingerprint density at radius 1 is 1.40 bits per heavy atom. The van der Waals surface area contributed by atoms with Gasteiger partial charge in [0, 0.05) is 18.7 Å². The van der Waals surface area contributed by atoms with Crippen molar-refractivity contribution >= 4 is 6.03 Å². The normalized spacial score (nSPS) is 24.7. The molecule has 1 aromatic carbocycles. The Balaban J connectivity index is 1.39. The van der Waals surface area contributed by atoms with E-state index in [4.69, 9.17) is 4.52 Å². The maximum atomic E-state index is 13.3. The van der Waals surface area contributed by atoms with E-state index >= 15 is 0 Å². The molecule has 0 radical (unpaired) electrons. The second-order valence-electron chi connectivity index (χ2n) is 7.58. The summed E-state index contributed by atoms with van der Waals surface area (Å²) < 4.78 is 18.5. The van der Waals surface area contributed by atoms with Crippen molar-refractivity contribution in [2.75, 3.05) is 13.1 Å². The van der Waals surface area contributed by atoms with Crippen LogP contribution in [0.5, 0.6) is 0 Å². The van der Waals surface area contributed by atoms with Gasteiger partial charge in [0.1, 0.15) is 11.9 Å². The molecule has 0 unspecified atom stereocenters. The van der Waals surface area contributed by atoms with Crippen LogP contribution in [0.15, 0.2) is 28.8 Å². The number of hydrogen-bond donors (Lipinski definition) is 1. The number of nitrogens with one attached hydrogen (secondary N) is 1. The summed E-state index contributed by atoms with van der Waals surface area (Å²) in [5.41, 5.74) is 0.907. The van der Waals surface area contributed by atoms with Gasteiger partial charge in [0.05, 0.1) is 0 Å². The van der Waals surface area contributed by atoms with Crippen LogP contribution < -0.4 is 5.32 Å². The van der Waals surface area contributed by atoms with Gasteiger partial charge in [0.25, 0.3) is 0 Å². The van der Waals surface area contributed by atoms with Crippen molar-refractivity contribution in [1.82, 2.24) is 20.4 Å². The molecule has 4 rings (SSSR count). The van der Waals surface area contributed by atoms with Crippen LogP contribution >= 0.6 is 0 Å². The highest BCUT2D eigenvalue weighted by Gasteiger charge is 2.62. The minimum absolute atomic E-state index is 0.110. The largest absolute Gasteiger partial charge is 0.337 e. The van der Waals surface area contributed by atoms with Crippen molar-refractivity contribution in [3.8, 4) is 11.4 Å². The first-order valence-corrected chi connectivity index (χ1v) is 8.51. The standard InChI is InChI=1S/C18H21FN4O2/c1-10(20-17(24)23-8-13-14(9-23)18(13,2)3)16-21-15(22-25-16)11-5-4-6-12(19)7-11/h4-7,10,13-14H,8-9H2,1-3H3,(H,20,24)/t10-,13-,14-/m0/s1. The third-order valence-corrected chi connectivity index (χ3v) is 5.64. The molecule has 7 heteroatoms. The molecule has 3 atom stereocenters. The van der Waals surface area contributed by atoms with Gasteiger partial charge in [-0.2, -0.15) is 4.98 Å². The van der Waals surface area contributed by atoms with E-state index in [1.54, 1.807) is 19.1 Å². The topological polar surface area (TPSA) is 71.3 Å². The van der Waals surface area contributed by atoms with Gasteiger partial charge in [0.15, 0.2) is 0 Å². The van der Waals surface area contributed by atoms with Crippen LogP contribution in [0.2, 0.25) is 0 Å². The minimum Gasteiger partial charge on any atom is -0.337 e. The fourth-order valence-electron chi connectivity index (χ4n) is 3.79. The summed E-state index contributed by atoms with van der Waals surface area (Å²) in [6.07, 6.45) is 0. The molecule has 0 bridgehead atoms. The van der Waals surface area contributed by atoms with Gasteiger partial charge < -0.3 is 14.7 Å². The van der Waals surface area contributed by atoms with Crippen molar-refractivity contribution in [2.24, 2.45) is 17.3 Å². The zero-order valence-electron chi connectivity index (χ0n) is 14.5. The van der Waals surface area contributed by atoms with E-state index in [0.29, 0.717) is 34.5 Å². The Hall–Kier alpha value is -2.44. The van der Waals surface area contributed by atoms with Gasteiger partial charge in [0.2, 0.25) is 11.7 Å². The van der Waals surface area contributed by atoms with E-state index in [0.717, 1.165) is 13.1 Å². The van der Waals surface area contributed by atoms with Crippen molar-refractivity contribution in [3.05, 3.63) is 36.0 Å². The van der Waals surface area contributed by atoms with Crippen LogP contribution in [0.25, 0.3) is 11.4 Å². The number of piperidine rings is 1. The van der Waals surface area contributed by atoms with E-state index < -0.39 is 6.04 Å². The lowest BCUT2D eigenvalue weighted by Gasteiger charge is -2.23. The van der Waals surface area contributed by atoms with Gasteiger partial charge in [-0.05, 0) is 36.3 Å². The van der Waals surface area contributed by atoms with Crippen LogP contribution in [0.4, 0.5) is 9.18 Å². The molecule has 2 aromatic rings. The van der Waals surface area contributed by atoms with Crippen LogP contribution in [0, 0.1) is 23.1 Å². The molecule has 2 heterocycles. The number of nitrogens with zero attached hydrogens (tertiary/aromatic N) is 3. The number of hydrogen-bond acceptors (Lipinski definition) is 4. The fraction of sp³-hybridized carbons (Fsp3) is 0.500. The Kier molecular flexibility index (Phi) is 3.56. The number of aromatic nitrogens is 2. The van der Waals surface area contributed by atoms with Gasteiger partial charge in [-0.1, -0.05) is 31.1 Å². The summed E-state index contributed by atoms with van der Waals surface area (Å²) in [5, 5.41) is 6.77. The maximum absolute atomic E-state index is 13.3. The summed E-state index contributed by atoms with van der Waals surface area (Å²) in [6, 6.07) is 5.48. The molecule has 1 aliphatic carbocycles. The highest BCUT2D eigenvalue weighted by atomic mass is 19.1. The van der Waals surface area contributed by atoms with Crippen molar-refractivity contribution in [1.29, 1.82) is 0 Å². The molecule has 2 fully saturated rings. The number of rotatable bonds is 3. The summed E-state index contributed by atoms with van der Waals surface area (Å²) >= 11 is 0. The average molecular weight is 344 g/mol. The first-order chi connectivity index (χ1) is 11.9. The lowest BCUT2D eigenvalue weighted by Crippen LogP contribution is -2.41. The molecule has 2 amide bonds. The van der Waals surface area contributed by atoms with Crippen LogP contribution in [-0.2, 0) is 0 Å². The summed E-state index contributed by atoms with van der Waals surface area (Å²) in [5.74, 6) is 1.46. The first kappa shape index (κ1) is 16.1. The predicted octanol–water partition coefficient (Wildman–Crippen LogP) is 3.23. The quantitative estimate of drug-likeness (QED) is 0.928. The van der Waals surface area contributed by atoms with Gasteiger partial charge in [-0.25, -0.2) is 9.18 Å². The zero-order chi connectivity index (χ0) is 17.8. The van der Waals surface area contributed by atoms with E-state index in [1.807, 2.05) is 4.90 Å². The number of carbonyl (C=O) groups excluding carboxylic acids is 1. The molecule has 2 aliphatic rings.